The number of fused-ring (bicyclic) bond motifs is 2. The van der Waals surface area contributed by atoms with Gasteiger partial charge in [-0.2, -0.15) is 9.13 Å². The molecule has 0 N–H and O–H groups in total. The van der Waals surface area contributed by atoms with Gasteiger partial charge in [0.15, 0.2) is 23.4 Å². The van der Waals surface area contributed by atoms with Gasteiger partial charge in [0.05, 0.1) is 27.9 Å². The highest BCUT2D eigenvalue weighted by molar-refractivity contribution is 7.92. The molecule has 0 saturated carbocycles. The molecule has 14 heteroatoms. The predicted molar refractivity (Wildman–Crippen MR) is 161 cm³/mol. The summed E-state index contributed by atoms with van der Waals surface area (Å²) in [6.07, 6.45) is 6.81. The van der Waals surface area contributed by atoms with Crippen molar-refractivity contribution in [1.82, 2.24) is 23.8 Å². The van der Waals surface area contributed by atoms with Crippen LogP contribution >= 0.6 is 0 Å². The van der Waals surface area contributed by atoms with Crippen molar-refractivity contribution in [2.45, 2.75) is 19.8 Å². The minimum Gasteiger partial charge on any atom is -0.440 e. The Morgan fingerprint density at radius 1 is 0.609 bits per heavy atom. The number of sulfone groups is 2. The Balaban J connectivity index is 1.43. The number of ether oxygens (including phenoxy) is 1. The first kappa shape index (κ1) is 22.8. The summed E-state index contributed by atoms with van der Waals surface area (Å²) in [7, 11) is -8.11. The molecule has 11 heterocycles. The molecule has 0 radical (unpaired) electrons. The van der Waals surface area contributed by atoms with Crippen LogP contribution in [0.2, 0.25) is 0 Å². The fourth-order valence-electron chi connectivity index (χ4n) is 8.77. The SMILES string of the molecule is O=S1(=O)c2ncc3c4c2-n2c5c1cccc5c1ccc[n+](c12)[N+]41c2c(cnc4c2-n2c5c(cccc5c5ccc[n+]1c52)S4(=O)=O)O3. The first-order chi connectivity index (χ1) is 22.4. The van der Waals surface area contributed by atoms with Gasteiger partial charge in [-0.15, -0.1) is 0 Å². The second-order valence-corrected chi connectivity index (χ2v) is 15.8. The Bertz CT molecular complexity index is 3000. The van der Waals surface area contributed by atoms with E-state index in [0.717, 1.165) is 32.8 Å². The maximum absolute atomic E-state index is 14.4. The van der Waals surface area contributed by atoms with Crippen molar-refractivity contribution in [2.24, 2.45) is 0 Å². The van der Waals surface area contributed by atoms with Crippen LogP contribution in [-0.2, 0) is 19.7 Å². The monoisotopic (exact) mass is 640 g/mol. The van der Waals surface area contributed by atoms with Crippen LogP contribution in [0.4, 0.5) is 11.4 Å². The van der Waals surface area contributed by atoms with Gasteiger partial charge in [0, 0.05) is 10.8 Å². The molecule has 0 amide bonds. The van der Waals surface area contributed by atoms with Crippen molar-refractivity contribution in [1.29, 1.82) is 0 Å². The molecule has 12 nitrogen and oxygen atoms in total. The van der Waals surface area contributed by atoms with Gasteiger partial charge in [-0.3, -0.25) is 0 Å². The maximum Gasteiger partial charge on any atom is 0.350 e. The lowest BCUT2D eigenvalue weighted by Crippen LogP contribution is -2.86. The smallest absolute Gasteiger partial charge is 0.350 e. The summed E-state index contributed by atoms with van der Waals surface area (Å²) in [5, 5.41) is 3.09. The first-order valence-corrected chi connectivity index (χ1v) is 17.4. The average Bonchev–Trinajstić information content (AvgIpc) is 3.59. The van der Waals surface area contributed by atoms with Crippen molar-refractivity contribution < 1.29 is 30.9 Å². The van der Waals surface area contributed by atoms with Gasteiger partial charge < -0.3 is 4.74 Å². The van der Waals surface area contributed by atoms with Crippen LogP contribution in [0.15, 0.2) is 105 Å². The number of benzene rings is 2. The lowest BCUT2D eigenvalue weighted by molar-refractivity contribution is -1.02. The zero-order valence-electron chi connectivity index (χ0n) is 23.1. The van der Waals surface area contributed by atoms with E-state index in [-0.39, 0.29) is 24.5 Å². The summed E-state index contributed by atoms with van der Waals surface area (Å²) in [5.41, 5.74) is 4.38. The third-order valence-corrected chi connectivity index (χ3v) is 13.7. The van der Waals surface area contributed by atoms with E-state index in [4.69, 9.17) is 4.74 Å². The molecule has 46 heavy (non-hydrogen) atoms. The van der Waals surface area contributed by atoms with Crippen molar-refractivity contribution in [3.63, 3.8) is 0 Å². The van der Waals surface area contributed by atoms with E-state index >= 15 is 0 Å². The number of rotatable bonds is 0. The van der Waals surface area contributed by atoms with Crippen molar-refractivity contribution in [3.8, 4) is 22.9 Å². The van der Waals surface area contributed by atoms with Crippen LogP contribution in [0.3, 0.4) is 0 Å². The number of quaternary nitrogens is 1. The Morgan fingerprint density at radius 3 is 1.54 bits per heavy atom. The molecule has 5 aliphatic rings. The molecule has 6 aromatic heterocycles. The second kappa shape index (κ2) is 6.35. The summed E-state index contributed by atoms with van der Waals surface area (Å²) in [6.45, 7) is 0. The molecule has 0 saturated heterocycles. The van der Waals surface area contributed by atoms with E-state index in [2.05, 4.69) is 19.3 Å². The molecule has 0 unspecified atom stereocenters. The summed E-state index contributed by atoms with van der Waals surface area (Å²) >= 11 is 0. The molecule has 0 atom stereocenters. The minimum absolute atomic E-state index is 0.0832. The molecule has 0 aliphatic carbocycles. The molecule has 216 valence electrons. The average molecular weight is 641 g/mol. The maximum atomic E-state index is 14.4. The van der Waals surface area contributed by atoms with Crippen LogP contribution in [0.25, 0.3) is 55.2 Å². The molecule has 8 aromatic rings. The summed E-state index contributed by atoms with van der Waals surface area (Å²) in [4.78, 5) is 9.47. The highest BCUT2D eigenvalue weighted by atomic mass is 32.2. The molecule has 13 rings (SSSR count). The predicted octanol–water partition coefficient (Wildman–Crippen LogP) is 3.84. The van der Waals surface area contributed by atoms with E-state index in [1.165, 1.54) is 12.4 Å². The van der Waals surface area contributed by atoms with Gasteiger partial charge in [-0.1, -0.05) is 12.1 Å². The quantitative estimate of drug-likeness (QED) is 0.183. The van der Waals surface area contributed by atoms with Crippen molar-refractivity contribution in [3.05, 3.63) is 85.5 Å². The molecule has 5 aliphatic heterocycles. The number of pyridine rings is 4. The molecule has 1 spiro atoms. The number of aromatic nitrogens is 6. The summed E-state index contributed by atoms with van der Waals surface area (Å²) in [5.74, 6) is 0.681. The van der Waals surface area contributed by atoms with E-state index in [0.29, 0.717) is 45.3 Å². The first-order valence-electron chi connectivity index (χ1n) is 14.5. The van der Waals surface area contributed by atoms with Crippen molar-refractivity contribution >= 4 is 74.9 Å². The van der Waals surface area contributed by atoms with Crippen LogP contribution in [0.1, 0.15) is 0 Å². The summed E-state index contributed by atoms with van der Waals surface area (Å²) < 4.78 is 72.0. The van der Waals surface area contributed by atoms with Crippen LogP contribution < -0.4 is 18.8 Å². The normalized spacial score (nSPS) is 18.2. The minimum atomic E-state index is -4.06. The van der Waals surface area contributed by atoms with Crippen LogP contribution in [0, 0.1) is 0 Å². The van der Waals surface area contributed by atoms with E-state index in [1.807, 2.05) is 57.9 Å². The zero-order valence-corrected chi connectivity index (χ0v) is 24.7. The van der Waals surface area contributed by atoms with E-state index in [9.17, 15) is 16.8 Å². The largest absolute Gasteiger partial charge is 0.440 e. The number of hydrogen-bond acceptors (Lipinski definition) is 7. The molecule has 0 fully saturated rings. The number of nitrogens with zero attached hydrogens (tertiary/aromatic N) is 7. The molecular weight excluding hydrogens is 627 g/mol. The highest BCUT2D eigenvalue weighted by Gasteiger charge is 2.70. The second-order valence-electron chi connectivity index (χ2n) is 12.1. The van der Waals surface area contributed by atoms with Gasteiger partial charge in [-0.05, 0) is 57.9 Å². The van der Waals surface area contributed by atoms with Crippen molar-refractivity contribution in [2.75, 3.05) is 0 Å². The Labute approximate surface area is 257 Å². The van der Waals surface area contributed by atoms with E-state index in [1.54, 1.807) is 24.3 Å². The van der Waals surface area contributed by atoms with Gasteiger partial charge >= 0.3 is 22.7 Å². The fraction of sp³-hybridized carbons (Fsp3) is 0. The number of hydrogen-bond donors (Lipinski definition) is 0. The van der Waals surface area contributed by atoms with Gasteiger partial charge in [0.2, 0.25) is 52.6 Å². The Kier molecular flexibility index (Phi) is 3.14. The lowest BCUT2D eigenvalue weighted by atomic mass is 10.1. The zero-order chi connectivity index (χ0) is 30.2. The number of para-hydroxylation sites is 2. The standard InChI is InChI=1S/C32H14N7O5S2/c40-45(41)21-9-1-5-15-17-7-3-11-35-31(17)37(23(15)21)25-27-19(13-33-29(25)45)44-20-14-34-30-26-28(20)39(27,35)36-12-4-8-18-16-6-2-10-22(46(30,42)43)24(16)38(26)32(18)36/h1-14H/q+3. The fourth-order valence-corrected chi connectivity index (χ4v) is 11.9. The van der Waals surface area contributed by atoms with Crippen LogP contribution in [-0.4, -0.2) is 35.9 Å². The highest BCUT2D eigenvalue weighted by Crippen LogP contribution is 2.61. The third kappa shape index (κ3) is 1.88. The van der Waals surface area contributed by atoms with Gasteiger partial charge in [0.1, 0.15) is 9.79 Å². The molecule has 0 bridgehead atoms. The van der Waals surface area contributed by atoms with Gasteiger partial charge in [0.25, 0.3) is 0 Å². The Hall–Kier alpha value is -5.70. The topological polar surface area (TPSA) is 121 Å². The molecule has 2 aromatic carbocycles. The lowest BCUT2D eigenvalue weighted by Gasteiger charge is -2.39. The summed E-state index contributed by atoms with van der Waals surface area (Å²) in [6, 6.07) is 18.5. The molecular formula is C32H14N7O5S2+3. The van der Waals surface area contributed by atoms with Gasteiger partial charge in [-0.25, -0.2) is 26.8 Å². The van der Waals surface area contributed by atoms with Crippen LogP contribution in [0.5, 0.6) is 11.5 Å². The third-order valence-electron chi connectivity index (χ3n) is 10.3. The Morgan fingerprint density at radius 2 is 1.07 bits per heavy atom. The van der Waals surface area contributed by atoms with E-state index < -0.39 is 19.7 Å².